The number of rotatable bonds is 4. The lowest BCUT2D eigenvalue weighted by Gasteiger charge is -2.04. The number of hydrogen-bond donors (Lipinski definition) is 3. The predicted molar refractivity (Wildman–Crippen MR) is 119 cm³/mol. The third kappa shape index (κ3) is 2.58. The van der Waals surface area contributed by atoms with Crippen LogP contribution in [0.3, 0.4) is 0 Å². The van der Waals surface area contributed by atoms with Gasteiger partial charge in [-0.3, -0.25) is 4.57 Å². The van der Waals surface area contributed by atoms with Crippen LogP contribution in [0.15, 0.2) is 60.0 Å². The third-order valence-corrected chi connectivity index (χ3v) is 5.87. The molecule has 0 bridgehead atoms. The van der Waals surface area contributed by atoms with Crippen molar-refractivity contribution in [2.24, 2.45) is 19.3 Å². The summed E-state index contributed by atoms with van der Waals surface area (Å²) in [5.74, 6) is -0.470. The van der Waals surface area contributed by atoms with Gasteiger partial charge in [-0.15, -0.1) is 4.91 Å². The number of aliphatic hydroxyl groups is 1. The summed E-state index contributed by atoms with van der Waals surface area (Å²) >= 11 is 0. The van der Waals surface area contributed by atoms with Crippen LogP contribution in [0.1, 0.15) is 0 Å². The van der Waals surface area contributed by atoms with Crippen molar-refractivity contribution in [1.82, 2.24) is 13.7 Å². The molecule has 156 valence electrons. The average Bonchev–Trinajstić information content (AvgIpc) is 3.37. The summed E-state index contributed by atoms with van der Waals surface area (Å²) < 4.78 is 4.85. The number of hydrogen-bond acceptors (Lipinski definition) is 5. The van der Waals surface area contributed by atoms with E-state index in [4.69, 9.17) is 0 Å². The first-order valence-corrected chi connectivity index (χ1v) is 9.68. The van der Waals surface area contributed by atoms with E-state index in [1.165, 1.54) is 0 Å². The average molecular weight is 416 g/mol. The van der Waals surface area contributed by atoms with Gasteiger partial charge < -0.3 is 24.5 Å². The number of aliphatic hydroxyl groups excluding tert-OH is 1. The number of aryl methyl sites for hydroxylation is 2. The second-order valence-corrected chi connectivity index (χ2v) is 7.58. The van der Waals surface area contributed by atoms with Crippen LogP contribution in [0.2, 0.25) is 0 Å². The number of aromatic nitrogens is 3. The Labute approximate surface area is 176 Å². The molecule has 0 spiro atoms. The lowest BCUT2D eigenvalue weighted by molar-refractivity contribution is 0.183. The summed E-state index contributed by atoms with van der Waals surface area (Å²) in [5, 5.41) is 36.5. The van der Waals surface area contributed by atoms with E-state index >= 15 is 0 Å². The molecule has 0 aliphatic carbocycles. The largest absolute Gasteiger partial charge is 0.494 e. The molecule has 0 saturated carbocycles. The summed E-state index contributed by atoms with van der Waals surface area (Å²) in [6.07, 6.45) is 3.72. The fourth-order valence-electron chi connectivity index (χ4n) is 4.41. The van der Waals surface area contributed by atoms with Crippen LogP contribution >= 0.6 is 0 Å². The molecule has 3 N–H and O–H groups in total. The van der Waals surface area contributed by atoms with Gasteiger partial charge in [0.2, 0.25) is 11.8 Å². The summed E-state index contributed by atoms with van der Waals surface area (Å²) in [6.45, 7) is -0.584. The van der Waals surface area contributed by atoms with Crippen molar-refractivity contribution in [1.29, 1.82) is 0 Å². The minimum atomic E-state index is -0.584. The highest BCUT2D eigenvalue weighted by atomic mass is 16.3. The number of benzene rings is 2. The first kappa shape index (κ1) is 19.0. The first-order chi connectivity index (χ1) is 15.0. The Balaban J connectivity index is 1.90. The SMILES string of the molecule is Cn1cc(-c2c(-c3cn(C)c4cc(N=O)ccc34)c(O)n(CO)c2O)c2ccccc21. The van der Waals surface area contributed by atoms with Gasteiger partial charge in [0.15, 0.2) is 0 Å². The summed E-state index contributed by atoms with van der Waals surface area (Å²) in [6, 6.07) is 12.8. The van der Waals surface area contributed by atoms with Gasteiger partial charge in [0.05, 0.1) is 16.6 Å². The number of nitrogens with zero attached hydrogens (tertiary/aromatic N) is 4. The van der Waals surface area contributed by atoms with Crippen LogP contribution in [0.25, 0.3) is 44.1 Å². The molecule has 8 heteroatoms. The number of para-hydroxylation sites is 1. The van der Waals surface area contributed by atoms with Crippen molar-refractivity contribution < 1.29 is 15.3 Å². The Morgan fingerprint density at radius 3 is 2.03 bits per heavy atom. The zero-order chi connectivity index (χ0) is 21.9. The van der Waals surface area contributed by atoms with E-state index in [1.807, 2.05) is 59.9 Å². The van der Waals surface area contributed by atoms with E-state index in [9.17, 15) is 20.2 Å². The Morgan fingerprint density at radius 1 is 0.839 bits per heavy atom. The molecule has 0 unspecified atom stereocenters. The molecule has 8 nitrogen and oxygen atoms in total. The van der Waals surface area contributed by atoms with Crippen LogP contribution in [0, 0.1) is 4.91 Å². The van der Waals surface area contributed by atoms with Crippen LogP contribution in [-0.4, -0.2) is 29.0 Å². The molecule has 0 saturated heterocycles. The monoisotopic (exact) mass is 416 g/mol. The molecule has 0 amide bonds. The highest BCUT2D eigenvalue weighted by Gasteiger charge is 2.28. The van der Waals surface area contributed by atoms with Gasteiger partial charge in [-0.05, 0) is 29.4 Å². The summed E-state index contributed by atoms with van der Waals surface area (Å²) in [4.78, 5) is 11.0. The van der Waals surface area contributed by atoms with Crippen molar-refractivity contribution in [2.75, 3.05) is 0 Å². The summed E-state index contributed by atoms with van der Waals surface area (Å²) in [5.41, 5.74) is 4.25. The minimum Gasteiger partial charge on any atom is -0.494 e. The molecule has 0 radical (unpaired) electrons. The van der Waals surface area contributed by atoms with Gasteiger partial charge in [-0.1, -0.05) is 18.2 Å². The Bertz CT molecular complexity index is 1490. The lowest BCUT2D eigenvalue weighted by Crippen LogP contribution is -1.94. The standard InChI is InChI=1S/C23H20N4O4/c1-25-10-16(14-5-3-4-6-18(14)25)20-21(23(30)27(12-28)22(20)29)17-11-26(2)19-9-13(24-31)7-8-15(17)19/h3-11,28-30H,12H2,1-2H3. The molecule has 5 rings (SSSR count). The third-order valence-electron chi connectivity index (χ3n) is 5.87. The topological polar surface area (TPSA) is 105 Å². The lowest BCUT2D eigenvalue weighted by atomic mass is 9.97. The maximum Gasteiger partial charge on any atom is 0.204 e. The molecule has 31 heavy (non-hydrogen) atoms. The van der Waals surface area contributed by atoms with Gasteiger partial charge in [-0.2, -0.15) is 0 Å². The van der Waals surface area contributed by atoms with Crippen molar-refractivity contribution in [3.05, 3.63) is 59.8 Å². The Kier molecular flexibility index (Phi) is 4.13. The highest BCUT2D eigenvalue weighted by molar-refractivity contribution is 6.08. The predicted octanol–water partition coefficient (Wildman–Crippen LogP) is 4.56. The van der Waals surface area contributed by atoms with Gasteiger partial charge in [0, 0.05) is 53.9 Å². The molecular weight excluding hydrogens is 396 g/mol. The second-order valence-electron chi connectivity index (χ2n) is 7.58. The van der Waals surface area contributed by atoms with Crippen LogP contribution in [0.5, 0.6) is 11.8 Å². The number of fused-ring (bicyclic) bond motifs is 2. The maximum absolute atomic E-state index is 11.0. The molecule has 3 aromatic heterocycles. The van der Waals surface area contributed by atoms with E-state index in [1.54, 1.807) is 18.2 Å². The fraction of sp³-hybridized carbons (Fsp3) is 0.130. The van der Waals surface area contributed by atoms with Crippen LogP contribution in [-0.2, 0) is 20.8 Å². The van der Waals surface area contributed by atoms with Gasteiger partial charge >= 0.3 is 0 Å². The minimum absolute atomic E-state index is 0.227. The maximum atomic E-state index is 11.0. The van der Waals surface area contributed by atoms with Crippen molar-refractivity contribution in [3.8, 4) is 34.0 Å². The van der Waals surface area contributed by atoms with Gasteiger partial charge in [0.1, 0.15) is 12.4 Å². The quantitative estimate of drug-likeness (QED) is 0.373. The number of nitroso groups, excluding NO2 is 1. The highest BCUT2D eigenvalue weighted by Crippen LogP contribution is 2.51. The second kappa shape index (κ2) is 6.75. The Hall–Kier alpha value is -4.04. The van der Waals surface area contributed by atoms with Gasteiger partial charge in [0.25, 0.3) is 0 Å². The zero-order valence-corrected chi connectivity index (χ0v) is 16.9. The molecule has 0 aliphatic rings. The van der Waals surface area contributed by atoms with Gasteiger partial charge in [-0.25, -0.2) is 0 Å². The van der Waals surface area contributed by atoms with E-state index in [0.29, 0.717) is 22.4 Å². The smallest absolute Gasteiger partial charge is 0.204 e. The molecule has 0 atom stereocenters. The molecule has 5 aromatic rings. The normalized spacial score (nSPS) is 11.6. The van der Waals surface area contributed by atoms with Crippen molar-refractivity contribution in [2.45, 2.75) is 6.73 Å². The van der Waals surface area contributed by atoms with E-state index in [2.05, 4.69) is 5.18 Å². The number of aromatic hydroxyl groups is 2. The molecule has 2 aromatic carbocycles. The van der Waals surface area contributed by atoms with Crippen LogP contribution in [0.4, 0.5) is 5.69 Å². The zero-order valence-electron chi connectivity index (χ0n) is 16.9. The van der Waals surface area contributed by atoms with E-state index in [0.717, 1.165) is 31.9 Å². The summed E-state index contributed by atoms with van der Waals surface area (Å²) in [7, 11) is 3.75. The van der Waals surface area contributed by atoms with Crippen LogP contribution < -0.4 is 0 Å². The van der Waals surface area contributed by atoms with E-state index < -0.39 is 6.73 Å². The first-order valence-electron chi connectivity index (χ1n) is 9.68. The molecule has 3 heterocycles. The van der Waals surface area contributed by atoms with Crippen molar-refractivity contribution >= 4 is 27.5 Å². The Morgan fingerprint density at radius 2 is 1.42 bits per heavy atom. The molecular formula is C23H20N4O4. The van der Waals surface area contributed by atoms with E-state index in [-0.39, 0.29) is 11.8 Å². The molecule has 0 fully saturated rings. The molecule has 0 aliphatic heterocycles. The van der Waals surface area contributed by atoms with Crippen molar-refractivity contribution in [3.63, 3.8) is 0 Å². The fourth-order valence-corrected chi connectivity index (χ4v) is 4.41.